The number of nitrogens with zero attached hydrogens (tertiary/aromatic N) is 1. The molecule has 0 fully saturated rings. The first-order valence-electron chi connectivity index (χ1n) is 7.81. The molecule has 0 bridgehead atoms. The molecule has 126 valence electrons. The molecule has 2 aromatic carbocycles. The summed E-state index contributed by atoms with van der Waals surface area (Å²) in [5.74, 6) is 0.121. The first kappa shape index (κ1) is 17.5. The fourth-order valence-corrected chi connectivity index (χ4v) is 2.15. The zero-order valence-corrected chi connectivity index (χ0v) is 14.2. The molecule has 0 atom stereocenters. The normalized spacial score (nSPS) is 10.3. The number of anilines is 2. The fraction of sp³-hybridized carbons (Fsp3) is 0.263. The van der Waals surface area contributed by atoms with Crippen molar-refractivity contribution in [2.45, 2.75) is 19.9 Å². The van der Waals surface area contributed by atoms with E-state index >= 15 is 0 Å². The van der Waals surface area contributed by atoms with Gasteiger partial charge in [0.1, 0.15) is 5.75 Å². The van der Waals surface area contributed by atoms with Crippen molar-refractivity contribution in [2.75, 3.05) is 23.9 Å². The second kappa shape index (κ2) is 8.15. The molecule has 2 aromatic rings. The lowest BCUT2D eigenvalue weighted by molar-refractivity contribution is -0.118. The lowest BCUT2D eigenvalue weighted by atomic mass is 10.2. The predicted octanol–water partition coefficient (Wildman–Crippen LogP) is 3.36. The average Bonchev–Trinajstić information content (AvgIpc) is 2.59. The van der Waals surface area contributed by atoms with Crippen LogP contribution in [0.2, 0.25) is 0 Å². The number of carbonyl (C=O) groups excluding carboxylic acids is 2. The molecular formula is C19H22N2O3. The van der Waals surface area contributed by atoms with Crippen LogP contribution < -0.4 is 15.0 Å². The van der Waals surface area contributed by atoms with Gasteiger partial charge in [-0.1, -0.05) is 18.2 Å². The minimum atomic E-state index is -0.278. The quantitative estimate of drug-likeness (QED) is 0.793. The summed E-state index contributed by atoms with van der Waals surface area (Å²) in [7, 11) is 2.01. The molecular weight excluding hydrogens is 304 g/mol. The highest BCUT2D eigenvalue weighted by Gasteiger charge is 2.09. The van der Waals surface area contributed by atoms with Gasteiger partial charge in [-0.15, -0.1) is 0 Å². The largest absolute Gasteiger partial charge is 0.483 e. The summed E-state index contributed by atoms with van der Waals surface area (Å²) in [6, 6.07) is 14.8. The molecule has 0 heterocycles. The van der Waals surface area contributed by atoms with Crippen LogP contribution in [0.5, 0.6) is 5.75 Å². The van der Waals surface area contributed by atoms with Gasteiger partial charge in [-0.3, -0.25) is 9.59 Å². The summed E-state index contributed by atoms with van der Waals surface area (Å²) in [4.78, 5) is 25.1. The Bertz CT molecular complexity index is 713. The van der Waals surface area contributed by atoms with Crippen molar-refractivity contribution in [3.05, 3.63) is 54.1 Å². The molecule has 0 unspecified atom stereocenters. The summed E-state index contributed by atoms with van der Waals surface area (Å²) in [5, 5.41) is 2.80. The van der Waals surface area contributed by atoms with Crippen molar-refractivity contribution in [3.63, 3.8) is 0 Å². The zero-order chi connectivity index (χ0) is 17.5. The highest BCUT2D eigenvalue weighted by Crippen LogP contribution is 2.20. The van der Waals surface area contributed by atoms with Gasteiger partial charge in [-0.2, -0.15) is 0 Å². The van der Waals surface area contributed by atoms with E-state index in [9.17, 15) is 9.59 Å². The topological polar surface area (TPSA) is 58.6 Å². The van der Waals surface area contributed by atoms with Crippen LogP contribution in [-0.2, 0) is 4.79 Å². The van der Waals surface area contributed by atoms with Crippen LogP contribution in [0.15, 0.2) is 48.5 Å². The first-order valence-corrected chi connectivity index (χ1v) is 7.81. The van der Waals surface area contributed by atoms with Crippen LogP contribution in [0.25, 0.3) is 0 Å². The summed E-state index contributed by atoms with van der Waals surface area (Å²) >= 11 is 0. The van der Waals surface area contributed by atoms with Gasteiger partial charge in [-0.05, 0) is 44.2 Å². The lowest BCUT2D eigenvalue weighted by Crippen LogP contribution is -2.26. The fourth-order valence-electron chi connectivity index (χ4n) is 2.15. The molecule has 0 spiro atoms. The van der Waals surface area contributed by atoms with E-state index in [1.54, 1.807) is 24.3 Å². The Kier molecular flexibility index (Phi) is 5.95. The van der Waals surface area contributed by atoms with E-state index in [4.69, 9.17) is 4.74 Å². The minimum Gasteiger partial charge on any atom is -0.483 e. The molecule has 0 aliphatic rings. The van der Waals surface area contributed by atoms with E-state index in [1.165, 1.54) is 0 Å². The van der Waals surface area contributed by atoms with E-state index in [0.29, 0.717) is 29.3 Å². The van der Waals surface area contributed by atoms with Crippen molar-refractivity contribution in [1.29, 1.82) is 0 Å². The van der Waals surface area contributed by atoms with Gasteiger partial charge in [0.25, 0.3) is 5.91 Å². The van der Waals surface area contributed by atoms with Gasteiger partial charge in [0.2, 0.25) is 0 Å². The van der Waals surface area contributed by atoms with Gasteiger partial charge in [0, 0.05) is 24.5 Å². The number of ether oxygens (including phenoxy) is 1. The summed E-state index contributed by atoms with van der Waals surface area (Å²) in [6.07, 6.45) is 0.707. The smallest absolute Gasteiger partial charge is 0.262 e. The number of nitrogens with one attached hydrogen (secondary N) is 1. The standard InChI is InChI=1S/C19H22N2O3/c1-14(2)21(3)17-9-6-8-16(11-17)20-19(23)13-24-18-10-5-4-7-15(18)12-22/h4-12,14H,13H2,1-3H3,(H,20,23). The van der Waals surface area contributed by atoms with E-state index in [2.05, 4.69) is 24.1 Å². The third kappa shape index (κ3) is 4.59. The molecule has 24 heavy (non-hydrogen) atoms. The van der Waals surface area contributed by atoms with Crippen LogP contribution in [0, 0.1) is 0 Å². The molecule has 0 aromatic heterocycles. The van der Waals surface area contributed by atoms with E-state index in [-0.39, 0.29) is 12.5 Å². The number of rotatable bonds is 7. The number of amides is 1. The maximum atomic E-state index is 12.1. The number of hydrogen-bond donors (Lipinski definition) is 1. The Morgan fingerprint density at radius 2 is 1.96 bits per heavy atom. The number of carbonyl (C=O) groups is 2. The Labute approximate surface area is 142 Å². The highest BCUT2D eigenvalue weighted by molar-refractivity contribution is 5.92. The van der Waals surface area contributed by atoms with Crippen molar-refractivity contribution >= 4 is 23.6 Å². The predicted molar refractivity (Wildman–Crippen MR) is 95.9 cm³/mol. The van der Waals surface area contributed by atoms with Crippen molar-refractivity contribution in [1.82, 2.24) is 0 Å². The molecule has 1 amide bonds. The Morgan fingerprint density at radius 3 is 2.67 bits per heavy atom. The van der Waals surface area contributed by atoms with Crippen LogP contribution >= 0.6 is 0 Å². The molecule has 0 saturated carbocycles. The molecule has 0 radical (unpaired) electrons. The second-order valence-electron chi connectivity index (χ2n) is 5.75. The molecule has 2 rings (SSSR count). The van der Waals surface area contributed by atoms with Crippen molar-refractivity contribution < 1.29 is 14.3 Å². The average molecular weight is 326 g/mol. The lowest BCUT2D eigenvalue weighted by Gasteiger charge is -2.24. The second-order valence-corrected chi connectivity index (χ2v) is 5.75. The van der Waals surface area contributed by atoms with Gasteiger partial charge >= 0.3 is 0 Å². The van der Waals surface area contributed by atoms with Crippen molar-refractivity contribution in [2.24, 2.45) is 0 Å². The van der Waals surface area contributed by atoms with E-state index < -0.39 is 0 Å². The molecule has 5 nitrogen and oxygen atoms in total. The monoisotopic (exact) mass is 326 g/mol. The molecule has 0 saturated heterocycles. The van der Waals surface area contributed by atoms with Gasteiger partial charge < -0.3 is 15.0 Å². The molecule has 0 aliphatic heterocycles. The number of para-hydroxylation sites is 1. The maximum absolute atomic E-state index is 12.1. The SMILES string of the molecule is CC(C)N(C)c1cccc(NC(=O)COc2ccccc2C=O)c1. The van der Waals surface area contributed by atoms with Gasteiger partial charge in [-0.25, -0.2) is 0 Å². The summed E-state index contributed by atoms with van der Waals surface area (Å²) < 4.78 is 5.42. The van der Waals surface area contributed by atoms with Gasteiger partial charge in [0.05, 0.1) is 5.56 Å². The Morgan fingerprint density at radius 1 is 1.21 bits per heavy atom. The van der Waals surface area contributed by atoms with E-state index in [1.807, 2.05) is 31.3 Å². The Balaban J connectivity index is 1.97. The van der Waals surface area contributed by atoms with Gasteiger partial charge in [0.15, 0.2) is 12.9 Å². The van der Waals surface area contributed by atoms with Crippen molar-refractivity contribution in [3.8, 4) is 5.75 Å². The first-order chi connectivity index (χ1) is 11.5. The number of hydrogen-bond acceptors (Lipinski definition) is 4. The highest BCUT2D eigenvalue weighted by atomic mass is 16.5. The summed E-state index contributed by atoms with van der Waals surface area (Å²) in [5.41, 5.74) is 2.15. The summed E-state index contributed by atoms with van der Waals surface area (Å²) in [6.45, 7) is 4.04. The Hall–Kier alpha value is -2.82. The van der Waals surface area contributed by atoms with Crippen LogP contribution in [-0.4, -0.2) is 31.9 Å². The van der Waals surface area contributed by atoms with E-state index in [0.717, 1.165) is 5.69 Å². The minimum absolute atomic E-state index is 0.158. The zero-order valence-electron chi connectivity index (χ0n) is 14.2. The third-order valence-corrected chi connectivity index (χ3v) is 3.72. The number of benzene rings is 2. The van der Waals surface area contributed by atoms with Crippen LogP contribution in [0.1, 0.15) is 24.2 Å². The number of aldehydes is 1. The maximum Gasteiger partial charge on any atom is 0.262 e. The third-order valence-electron chi connectivity index (χ3n) is 3.72. The molecule has 0 aliphatic carbocycles. The molecule has 1 N–H and O–H groups in total. The molecule has 5 heteroatoms. The van der Waals surface area contributed by atoms with Crippen LogP contribution in [0.4, 0.5) is 11.4 Å². The van der Waals surface area contributed by atoms with Crippen LogP contribution in [0.3, 0.4) is 0 Å².